The summed E-state index contributed by atoms with van der Waals surface area (Å²) in [6.07, 6.45) is 2.69. The first-order chi connectivity index (χ1) is 13.1. The van der Waals surface area contributed by atoms with Gasteiger partial charge in [0.15, 0.2) is 0 Å². The maximum Gasteiger partial charge on any atom is 0.253 e. The van der Waals surface area contributed by atoms with Crippen LogP contribution in [-0.2, 0) is 11.2 Å². The maximum atomic E-state index is 12.6. The first-order valence-corrected chi connectivity index (χ1v) is 9.54. The van der Waals surface area contributed by atoms with Gasteiger partial charge >= 0.3 is 0 Å². The Kier molecular flexibility index (Phi) is 6.60. The SMILES string of the molecule is CN1CCCC(C(=O)Nc2ccccc2C(=O)NCCc2ccccc2)C1. The van der Waals surface area contributed by atoms with Crippen molar-refractivity contribution in [3.8, 4) is 0 Å². The monoisotopic (exact) mass is 365 g/mol. The fourth-order valence-corrected chi connectivity index (χ4v) is 3.47. The van der Waals surface area contributed by atoms with Crippen molar-refractivity contribution in [1.29, 1.82) is 0 Å². The second-order valence-electron chi connectivity index (χ2n) is 7.13. The van der Waals surface area contributed by atoms with E-state index >= 15 is 0 Å². The third-order valence-electron chi connectivity index (χ3n) is 4.97. The minimum atomic E-state index is -0.164. The normalized spacial score (nSPS) is 17.3. The summed E-state index contributed by atoms with van der Waals surface area (Å²) in [6, 6.07) is 17.2. The smallest absolute Gasteiger partial charge is 0.253 e. The van der Waals surface area contributed by atoms with Crippen molar-refractivity contribution in [3.63, 3.8) is 0 Å². The van der Waals surface area contributed by atoms with Crippen molar-refractivity contribution in [1.82, 2.24) is 10.2 Å². The Bertz CT molecular complexity index is 776. The van der Waals surface area contributed by atoms with E-state index in [-0.39, 0.29) is 17.7 Å². The fraction of sp³-hybridized carbons (Fsp3) is 0.364. The summed E-state index contributed by atoms with van der Waals surface area (Å²) in [5.74, 6) is -0.202. The maximum absolute atomic E-state index is 12.6. The van der Waals surface area contributed by atoms with Gasteiger partial charge < -0.3 is 15.5 Å². The van der Waals surface area contributed by atoms with Gasteiger partial charge in [-0.2, -0.15) is 0 Å². The Morgan fingerprint density at radius 3 is 2.59 bits per heavy atom. The third kappa shape index (κ3) is 5.41. The summed E-state index contributed by atoms with van der Waals surface area (Å²) < 4.78 is 0. The molecule has 0 radical (unpaired) electrons. The molecule has 1 saturated heterocycles. The van der Waals surface area contributed by atoms with E-state index in [1.807, 2.05) is 49.5 Å². The second-order valence-corrected chi connectivity index (χ2v) is 7.13. The molecule has 0 saturated carbocycles. The highest BCUT2D eigenvalue weighted by Crippen LogP contribution is 2.20. The Balaban J connectivity index is 1.59. The van der Waals surface area contributed by atoms with Crippen molar-refractivity contribution in [3.05, 3.63) is 65.7 Å². The van der Waals surface area contributed by atoms with E-state index in [4.69, 9.17) is 0 Å². The lowest BCUT2D eigenvalue weighted by molar-refractivity contribution is -0.121. The van der Waals surface area contributed by atoms with E-state index < -0.39 is 0 Å². The Morgan fingerprint density at radius 2 is 1.81 bits per heavy atom. The molecule has 1 unspecified atom stereocenters. The molecule has 2 aromatic carbocycles. The van der Waals surface area contributed by atoms with Gasteiger partial charge in [0.25, 0.3) is 5.91 Å². The van der Waals surface area contributed by atoms with E-state index in [1.165, 1.54) is 5.56 Å². The quantitative estimate of drug-likeness (QED) is 0.827. The van der Waals surface area contributed by atoms with Crippen LogP contribution in [0.2, 0.25) is 0 Å². The summed E-state index contributed by atoms with van der Waals surface area (Å²) >= 11 is 0. The Morgan fingerprint density at radius 1 is 1.07 bits per heavy atom. The summed E-state index contributed by atoms with van der Waals surface area (Å²) in [6.45, 7) is 2.35. The molecule has 142 valence electrons. The largest absolute Gasteiger partial charge is 0.352 e. The van der Waals surface area contributed by atoms with Crippen LogP contribution in [0.1, 0.15) is 28.8 Å². The van der Waals surface area contributed by atoms with Gasteiger partial charge in [0.2, 0.25) is 5.91 Å². The third-order valence-corrected chi connectivity index (χ3v) is 4.97. The number of hydrogen-bond acceptors (Lipinski definition) is 3. The van der Waals surface area contributed by atoms with Gasteiger partial charge in [-0.1, -0.05) is 42.5 Å². The van der Waals surface area contributed by atoms with Crippen LogP contribution in [0.3, 0.4) is 0 Å². The van der Waals surface area contributed by atoms with Crippen molar-refractivity contribution in [2.75, 3.05) is 32.0 Å². The number of nitrogens with zero attached hydrogens (tertiary/aromatic N) is 1. The Labute approximate surface area is 160 Å². The number of likely N-dealkylation sites (tertiary alicyclic amines) is 1. The molecule has 1 heterocycles. The number of anilines is 1. The second kappa shape index (κ2) is 9.33. The molecule has 0 bridgehead atoms. The average Bonchev–Trinajstić information content (AvgIpc) is 2.69. The van der Waals surface area contributed by atoms with Crippen molar-refractivity contribution in [2.45, 2.75) is 19.3 Å². The van der Waals surface area contributed by atoms with Crippen molar-refractivity contribution < 1.29 is 9.59 Å². The van der Waals surface area contributed by atoms with Gasteiger partial charge in [-0.05, 0) is 50.6 Å². The van der Waals surface area contributed by atoms with Gasteiger partial charge in [0, 0.05) is 13.1 Å². The van der Waals surface area contributed by atoms with Gasteiger partial charge in [0.05, 0.1) is 17.2 Å². The number of carbonyl (C=O) groups excluding carboxylic acids is 2. The topological polar surface area (TPSA) is 61.4 Å². The molecule has 5 nitrogen and oxygen atoms in total. The lowest BCUT2D eigenvalue weighted by Crippen LogP contribution is -2.38. The van der Waals surface area contributed by atoms with E-state index in [9.17, 15) is 9.59 Å². The number of piperidine rings is 1. The van der Waals surface area contributed by atoms with Crippen molar-refractivity contribution in [2.24, 2.45) is 5.92 Å². The summed E-state index contributed by atoms with van der Waals surface area (Å²) in [5, 5.41) is 5.91. The first-order valence-electron chi connectivity index (χ1n) is 9.54. The molecule has 0 spiro atoms. The fourth-order valence-electron chi connectivity index (χ4n) is 3.47. The number of carbonyl (C=O) groups is 2. The van der Waals surface area contributed by atoms with Crippen LogP contribution in [0.5, 0.6) is 0 Å². The zero-order valence-corrected chi connectivity index (χ0v) is 15.8. The summed E-state index contributed by atoms with van der Waals surface area (Å²) in [4.78, 5) is 27.4. The van der Waals surface area contributed by atoms with Gasteiger partial charge in [-0.25, -0.2) is 0 Å². The number of rotatable bonds is 6. The van der Waals surface area contributed by atoms with E-state index in [0.29, 0.717) is 17.8 Å². The minimum Gasteiger partial charge on any atom is -0.352 e. The average molecular weight is 365 g/mol. The summed E-state index contributed by atoms with van der Waals surface area (Å²) in [7, 11) is 2.04. The molecule has 0 aromatic heterocycles. The lowest BCUT2D eigenvalue weighted by Gasteiger charge is -2.28. The molecule has 2 N–H and O–H groups in total. The lowest BCUT2D eigenvalue weighted by atomic mass is 9.97. The number of para-hydroxylation sites is 1. The Hall–Kier alpha value is -2.66. The highest BCUT2D eigenvalue weighted by atomic mass is 16.2. The summed E-state index contributed by atoms with van der Waals surface area (Å²) in [5.41, 5.74) is 2.26. The molecule has 0 aliphatic carbocycles. The predicted molar refractivity (Wildman–Crippen MR) is 108 cm³/mol. The molecule has 2 aromatic rings. The molecule has 2 amide bonds. The van der Waals surface area contributed by atoms with Crippen LogP contribution in [-0.4, -0.2) is 43.4 Å². The molecule has 1 aliphatic rings. The van der Waals surface area contributed by atoms with E-state index in [1.54, 1.807) is 12.1 Å². The molecular formula is C22H27N3O2. The van der Waals surface area contributed by atoms with E-state index in [2.05, 4.69) is 15.5 Å². The first kappa shape index (κ1) is 19.1. The van der Waals surface area contributed by atoms with Crippen LogP contribution >= 0.6 is 0 Å². The van der Waals surface area contributed by atoms with Crippen LogP contribution in [0, 0.1) is 5.92 Å². The van der Waals surface area contributed by atoms with Crippen LogP contribution in [0.15, 0.2) is 54.6 Å². The predicted octanol–water partition coefficient (Wildman–Crippen LogP) is 2.94. The zero-order chi connectivity index (χ0) is 19.1. The number of benzene rings is 2. The zero-order valence-electron chi connectivity index (χ0n) is 15.8. The van der Waals surface area contributed by atoms with Crippen LogP contribution < -0.4 is 10.6 Å². The molecule has 27 heavy (non-hydrogen) atoms. The van der Waals surface area contributed by atoms with Gasteiger partial charge in [0.1, 0.15) is 0 Å². The highest BCUT2D eigenvalue weighted by molar-refractivity contribution is 6.04. The minimum absolute atomic E-state index is 0.00825. The molecule has 3 rings (SSSR count). The molecular weight excluding hydrogens is 338 g/mol. The molecule has 1 atom stereocenters. The van der Waals surface area contributed by atoms with Gasteiger partial charge in [-0.3, -0.25) is 9.59 Å². The van der Waals surface area contributed by atoms with Crippen LogP contribution in [0.4, 0.5) is 5.69 Å². The number of amides is 2. The van der Waals surface area contributed by atoms with Crippen LogP contribution in [0.25, 0.3) is 0 Å². The number of hydrogen-bond donors (Lipinski definition) is 2. The highest BCUT2D eigenvalue weighted by Gasteiger charge is 2.25. The molecule has 1 fully saturated rings. The van der Waals surface area contributed by atoms with Gasteiger partial charge in [-0.15, -0.1) is 0 Å². The van der Waals surface area contributed by atoms with E-state index in [0.717, 1.165) is 32.4 Å². The number of nitrogens with one attached hydrogen (secondary N) is 2. The molecule has 1 aliphatic heterocycles. The van der Waals surface area contributed by atoms with Crippen molar-refractivity contribution >= 4 is 17.5 Å². The molecule has 5 heteroatoms. The standard InChI is InChI=1S/C22H27N3O2/c1-25-15-7-10-18(16-25)21(26)24-20-12-6-5-11-19(20)22(27)23-14-13-17-8-3-2-4-9-17/h2-6,8-9,11-12,18H,7,10,13-16H2,1H3,(H,23,27)(H,24,26).